The molecule has 0 unspecified atom stereocenters. The van der Waals surface area contributed by atoms with Gasteiger partial charge in [0.15, 0.2) is 0 Å². The van der Waals surface area contributed by atoms with Crippen LogP contribution in [0, 0.1) is 13.8 Å². The van der Waals surface area contributed by atoms with Gasteiger partial charge in [0.2, 0.25) is 23.7 Å². The molecule has 0 atom stereocenters. The number of hydrogen-bond donors (Lipinski definition) is 4. The monoisotopic (exact) mass is 666 g/mol. The van der Waals surface area contributed by atoms with Crippen LogP contribution in [0.15, 0.2) is 48.5 Å². The molecule has 4 amide bonds. The highest BCUT2D eigenvalue weighted by molar-refractivity contribution is 6.04. The molecular formula is C33H38N12O4. The zero-order valence-corrected chi connectivity index (χ0v) is 26.8. The normalized spacial score (nSPS) is 11.1. The molecule has 0 saturated carbocycles. The van der Waals surface area contributed by atoms with Crippen molar-refractivity contribution in [1.82, 2.24) is 38.7 Å². The van der Waals surface area contributed by atoms with Crippen LogP contribution < -0.4 is 22.1 Å². The molecule has 0 aliphatic heterocycles. The van der Waals surface area contributed by atoms with Gasteiger partial charge in [0.25, 0.3) is 11.8 Å². The Kier molecular flexibility index (Phi) is 9.32. The van der Waals surface area contributed by atoms with Crippen LogP contribution in [0.2, 0.25) is 0 Å². The van der Waals surface area contributed by atoms with Gasteiger partial charge in [-0.3, -0.25) is 39.2 Å². The van der Waals surface area contributed by atoms with E-state index in [1.54, 1.807) is 80.9 Å². The van der Waals surface area contributed by atoms with E-state index in [1.165, 1.54) is 0 Å². The summed E-state index contributed by atoms with van der Waals surface area (Å²) in [6, 6.07) is 13.1. The summed E-state index contributed by atoms with van der Waals surface area (Å²) in [6.07, 6.45) is 0. The molecule has 4 heterocycles. The van der Waals surface area contributed by atoms with E-state index in [-0.39, 0.29) is 43.5 Å². The fourth-order valence-electron chi connectivity index (χ4n) is 5.68. The van der Waals surface area contributed by atoms with Crippen LogP contribution in [-0.4, -0.2) is 62.3 Å². The second kappa shape index (κ2) is 13.4. The van der Waals surface area contributed by atoms with Crippen LogP contribution in [0.1, 0.15) is 74.4 Å². The van der Waals surface area contributed by atoms with Crippen molar-refractivity contribution >= 4 is 57.6 Å². The highest BCUT2D eigenvalue weighted by atomic mass is 16.2. The fourth-order valence-corrected chi connectivity index (χ4v) is 5.68. The number of nitrogens with zero attached hydrogens (tertiary/aromatic N) is 8. The SMILES string of the molecule is C.CCn1nc(C)cc1C(=O)Nc1nc2cc(C(N)=O)ccc2n1CCn1c(NC(=O)c2cc(C)nn2CC)nc2cc(C(N)=O)ccc21. The van der Waals surface area contributed by atoms with Gasteiger partial charge in [-0.05, 0) is 76.2 Å². The van der Waals surface area contributed by atoms with Crippen LogP contribution in [0.25, 0.3) is 22.1 Å². The summed E-state index contributed by atoms with van der Waals surface area (Å²) in [5.41, 5.74) is 15.9. The average Bonchev–Trinajstić information content (AvgIpc) is 3.81. The lowest BCUT2D eigenvalue weighted by atomic mass is 10.2. The number of aromatic nitrogens is 8. The van der Waals surface area contributed by atoms with Gasteiger partial charge < -0.3 is 20.6 Å². The van der Waals surface area contributed by atoms with Crippen molar-refractivity contribution in [3.63, 3.8) is 0 Å². The third-order valence-electron chi connectivity index (χ3n) is 7.93. The van der Waals surface area contributed by atoms with E-state index in [2.05, 4.69) is 30.8 Å². The van der Waals surface area contributed by atoms with Crippen molar-refractivity contribution in [2.45, 2.75) is 61.3 Å². The molecule has 16 heteroatoms. The van der Waals surface area contributed by atoms with Crippen molar-refractivity contribution < 1.29 is 19.2 Å². The Labute approximate surface area is 281 Å². The number of nitrogens with one attached hydrogen (secondary N) is 2. The largest absolute Gasteiger partial charge is 0.366 e. The number of rotatable bonds is 11. The summed E-state index contributed by atoms with van der Waals surface area (Å²) in [4.78, 5) is 60.1. The van der Waals surface area contributed by atoms with Crippen molar-refractivity contribution in [2.24, 2.45) is 11.5 Å². The Morgan fingerprint density at radius 3 is 1.39 bits per heavy atom. The molecular weight excluding hydrogens is 628 g/mol. The first-order valence-electron chi connectivity index (χ1n) is 15.3. The van der Waals surface area contributed by atoms with Gasteiger partial charge in [0.1, 0.15) is 11.4 Å². The number of anilines is 2. The molecule has 6 N–H and O–H groups in total. The number of fused-ring (bicyclic) bond motifs is 2. The number of nitrogens with two attached hydrogens (primary N) is 2. The number of hydrogen-bond acceptors (Lipinski definition) is 8. The smallest absolute Gasteiger partial charge is 0.276 e. The van der Waals surface area contributed by atoms with Crippen molar-refractivity contribution in [3.05, 3.63) is 82.4 Å². The van der Waals surface area contributed by atoms with Gasteiger partial charge in [-0.25, -0.2) is 9.97 Å². The maximum atomic E-state index is 13.5. The van der Waals surface area contributed by atoms with E-state index in [0.717, 1.165) is 0 Å². The van der Waals surface area contributed by atoms with Crippen molar-refractivity contribution in [1.29, 1.82) is 0 Å². The Morgan fingerprint density at radius 2 is 1.04 bits per heavy atom. The quantitative estimate of drug-likeness (QED) is 0.160. The van der Waals surface area contributed by atoms with Gasteiger partial charge in [-0.2, -0.15) is 10.2 Å². The highest BCUT2D eigenvalue weighted by Crippen LogP contribution is 2.26. The Bertz CT molecular complexity index is 2100. The molecule has 16 nitrogen and oxygen atoms in total. The first-order valence-corrected chi connectivity index (χ1v) is 15.3. The van der Waals surface area contributed by atoms with Crippen LogP contribution in [0.4, 0.5) is 11.9 Å². The lowest BCUT2D eigenvalue weighted by molar-refractivity contribution is 0.0992. The van der Waals surface area contributed by atoms with Gasteiger partial charge in [0, 0.05) is 37.3 Å². The van der Waals surface area contributed by atoms with Gasteiger partial charge in [-0.1, -0.05) is 7.43 Å². The minimum atomic E-state index is -0.612. The highest BCUT2D eigenvalue weighted by Gasteiger charge is 2.22. The maximum absolute atomic E-state index is 13.5. The van der Waals surface area contributed by atoms with E-state index in [1.807, 2.05) is 13.8 Å². The predicted octanol–water partition coefficient (Wildman–Crippen LogP) is 3.47. The van der Waals surface area contributed by atoms with Crippen molar-refractivity contribution in [3.8, 4) is 0 Å². The van der Waals surface area contributed by atoms with Gasteiger partial charge in [0.05, 0.1) is 33.5 Å². The number of imidazole rings is 2. The molecule has 0 spiro atoms. The molecule has 0 aliphatic rings. The minimum absolute atomic E-state index is 0. The summed E-state index contributed by atoms with van der Waals surface area (Å²) in [6.45, 7) is 8.86. The lowest BCUT2D eigenvalue weighted by Gasteiger charge is -2.14. The zero-order chi connectivity index (χ0) is 34.3. The summed E-state index contributed by atoms with van der Waals surface area (Å²) in [5, 5.41) is 14.5. The Hall–Kier alpha value is -6.32. The fraction of sp³-hybridized carbons (Fsp3) is 0.273. The number of aryl methyl sites for hydroxylation is 6. The number of carbonyl (C=O) groups excluding carboxylic acids is 4. The first kappa shape index (κ1) is 34.0. The number of benzene rings is 2. The molecule has 6 aromatic rings. The average molecular weight is 667 g/mol. The van der Waals surface area contributed by atoms with Gasteiger partial charge >= 0.3 is 0 Å². The molecule has 254 valence electrons. The van der Waals surface area contributed by atoms with E-state index in [4.69, 9.17) is 11.5 Å². The Balaban J connectivity index is 0.00000468. The molecule has 2 aromatic carbocycles. The molecule has 49 heavy (non-hydrogen) atoms. The summed E-state index contributed by atoms with van der Waals surface area (Å²) in [7, 11) is 0. The minimum Gasteiger partial charge on any atom is -0.366 e. The van der Waals surface area contributed by atoms with E-state index < -0.39 is 23.6 Å². The molecule has 6 rings (SSSR count). The molecule has 0 saturated heterocycles. The van der Waals surface area contributed by atoms with E-state index in [0.29, 0.717) is 57.9 Å². The summed E-state index contributed by atoms with van der Waals surface area (Å²) >= 11 is 0. The molecule has 0 radical (unpaired) electrons. The zero-order valence-electron chi connectivity index (χ0n) is 26.8. The van der Waals surface area contributed by atoms with Crippen LogP contribution in [-0.2, 0) is 26.2 Å². The van der Waals surface area contributed by atoms with E-state index in [9.17, 15) is 19.2 Å². The third-order valence-corrected chi connectivity index (χ3v) is 7.93. The second-order valence-electron chi connectivity index (χ2n) is 11.2. The number of primary amides is 2. The first-order chi connectivity index (χ1) is 23.0. The van der Waals surface area contributed by atoms with Gasteiger partial charge in [-0.15, -0.1) is 0 Å². The number of amides is 4. The van der Waals surface area contributed by atoms with Crippen molar-refractivity contribution in [2.75, 3.05) is 10.6 Å². The predicted molar refractivity (Wildman–Crippen MR) is 184 cm³/mol. The van der Waals surface area contributed by atoms with Crippen LogP contribution >= 0.6 is 0 Å². The molecule has 0 bridgehead atoms. The molecule has 0 fully saturated rings. The molecule has 0 aliphatic carbocycles. The summed E-state index contributed by atoms with van der Waals surface area (Å²) in [5.74, 6) is -1.59. The molecule has 4 aromatic heterocycles. The third kappa shape index (κ3) is 6.47. The standard InChI is InChI=1S/C32H34N12O4.CH4/c1-5-43-25(13-17(3)39-43)29(47)37-31-35-21-15-19(27(33)45)7-9-23(21)41(31)11-12-42-24-10-8-20(28(34)46)16-22(24)36-32(42)38-30(48)26-14-18(4)40-44(26)6-2;/h7-10,13-16H,5-6,11-12H2,1-4H3,(H2,33,45)(H2,34,46)(H,35,37,47)(H,36,38,48);1H4. The second-order valence-corrected chi connectivity index (χ2v) is 11.2. The maximum Gasteiger partial charge on any atom is 0.276 e. The Morgan fingerprint density at radius 1 is 0.653 bits per heavy atom. The topological polar surface area (TPSA) is 216 Å². The number of carbonyl (C=O) groups is 4. The van der Waals surface area contributed by atoms with Crippen LogP contribution in [0.3, 0.4) is 0 Å². The summed E-state index contributed by atoms with van der Waals surface area (Å²) < 4.78 is 6.79. The lowest BCUT2D eigenvalue weighted by Crippen LogP contribution is -2.22. The van der Waals surface area contributed by atoms with E-state index >= 15 is 0 Å². The van der Waals surface area contributed by atoms with Crippen LogP contribution in [0.5, 0.6) is 0 Å².